The lowest BCUT2D eigenvalue weighted by Crippen LogP contribution is -2.28. The molecule has 0 spiro atoms. The quantitative estimate of drug-likeness (QED) is 0.160. The van der Waals surface area contributed by atoms with Gasteiger partial charge < -0.3 is 9.47 Å². The van der Waals surface area contributed by atoms with Crippen molar-refractivity contribution in [1.29, 1.82) is 0 Å². The van der Waals surface area contributed by atoms with Crippen LogP contribution in [0, 0.1) is 5.41 Å². The maximum absolute atomic E-state index is 12.3. The van der Waals surface area contributed by atoms with Crippen molar-refractivity contribution in [3.8, 4) is 17.2 Å². The highest BCUT2D eigenvalue weighted by Gasteiger charge is 2.27. The third kappa shape index (κ3) is 5.70. The molecule has 0 aromatic heterocycles. The van der Waals surface area contributed by atoms with Crippen LogP contribution in [0.2, 0.25) is 0 Å². The van der Waals surface area contributed by atoms with E-state index >= 15 is 0 Å². The minimum atomic E-state index is -0.646. The molecule has 0 aliphatic rings. The highest BCUT2D eigenvalue weighted by atomic mass is 32.2. The summed E-state index contributed by atoms with van der Waals surface area (Å²) in [7, 11) is -0.646. The van der Waals surface area contributed by atoms with Crippen molar-refractivity contribution in [2.75, 3.05) is 0 Å². The van der Waals surface area contributed by atoms with E-state index in [0.717, 1.165) is 12.2 Å². The van der Waals surface area contributed by atoms with Gasteiger partial charge in [-0.05, 0) is 108 Å². The Hall–Kier alpha value is -3.50. The van der Waals surface area contributed by atoms with Crippen LogP contribution in [0.25, 0.3) is 0 Å². The van der Waals surface area contributed by atoms with E-state index in [-0.39, 0.29) is 5.97 Å². The Balaban J connectivity index is 1.48. The summed E-state index contributed by atoms with van der Waals surface area (Å²) < 4.78 is 11.5. The second-order valence-electron chi connectivity index (χ2n) is 8.70. The molecule has 34 heavy (non-hydrogen) atoms. The second-order valence-corrected chi connectivity index (χ2v) is 10.9. The molecule has 0 aliphatic heterocycles. The average Bonchev–Trinajstić information content (AvgIpc) is 2.88. The van der Waals surface area contributed by atoms with Crippen LogP contribution in [0.5, 0.6) is 17.2 Å². The van der Waals surface area contributed by atoms with Gasteiger partial charge in [-0.15, -0.1) is 0 Å². The molecule has 0 atom stereocenters. The van der Waals surface area contributed by atoms with Crippen LogP contribution < -0.4 is 9.47 Å². The van der Waals surface area contributed by atoms with Crippen molar-refractivity contribution < 1.29 is 14.3 Å². The van der Waals surface area contributed by atoms with Crippen LogP contribution in [0.1, 0.15) is 27.2 Å². The smallest absolute Gasteiger partial charge is 0.316 e. The molecule has 174 valence electrons. The number of hydrogen-bond acceptors (Lipinski definition) is 3. The zero-order chi connectivity index (χ0) is 24.0. The Kier molecular flexibility index (Phi) is 7.39. The van der Waals surface area contributed by atoms with Crippen LogP contribution in [0.4, 0.5) is 0 Å². The summed E-state index contributed by atoms with van der Waals surface area (Å²) in [6.07, 6.45) is 0.722. The zero-order valence-electron chi connectivity index (χ0n) is 19.8. The Labute approximate surface area is 204 Å². The number of carbonyl (C=O) groups excluding carboxylic acids is 1. The van der Waals surface area contributed by atoms with Gasteiger partial charge in [-0.25, -0.2) is 0 Å². The van der Waals surface area contributed by atoms with E-state index in [0.29, 0.717) is 11.5 Å². The summed E-state index contributed by atoms with van der Waals surface area (Å²) in [5, 5.41) is 0. The van der Waals surface area contributed by atoms with Gasteiger partial charge in [0.05, 0.1) is 5.41 Å². The van der Waals surface area contributed by atoms with Gasteiger partial charge in [0.15, 0.2) is 0 Å². The number of carbonyl (C=O) groups is 1. The topological polar surface area (TPSA) is 35.5 Å². The molecule has 3 nitrogen and oxygen atoms in total. The summed E-state index contributed by atoms with van der Waals surface area (Å²) in [5.41, 5.74) is -0.504. The fourth-order valence-electron chi connectivity index (χ4n) is 3.37. The highest BCUT2D eigenvalue weighted by Crippen LogP contribution is 2.51. The SMILES string of the molecule is CCC(C)(C)C(=O)Oc1ccc(Oc2ccc([SH](c3ccccc3)c3ccccc3)cc2)cc1. The van der Waals surface area contributed by atoms with Crippen molar-refractivity contribution in [2.24, 2.45) is 5.41 Å². The van der Waals surface area contributed by atoms with Gasteiger partial charge in [-0.3, -0.25) is 4.79 Å². The summed E-state index contributed by atoms with van der Waals surface area (Å²) in [5.74, 6) is 1.74. The summed E-state index contributed by atoms with van der Waals surface area (Å²) in [4.78, 5) is 16.2. The largest absolute Gasteiger partial charge is 0.457 e. The number of esters is 1. The van der Waals surface area contributed by atoms with Gasteiger partial charge in [0.1, 0.15) is 17.2 Å². The molecule has 0 heterocycles. The van der Waals surface area contributed by atoms with Crippen molar-refractivity contribution >= 4 is 16.9 Å². The van der Waals surface area contributed by atoms with Gasteiger partial charge in [-0.1, -0.05) is 43.3 Å². The Morgan fingerprint density at radius 1 is 0.647 bits per heavy atom. The minimum Gasteiger partial charge on any atom is -0.457 e. The van der Waals surface area contributed by atoms with Gasteiger partial charge >= 0.3 is 5.97 Å². The molecular formula is C30H30O3S. The minimum absolute atomic E-state index is 0.229. The first-order chi connectivity index (χ1) is 16.5. The second kappa shape index (κ2) is 10.6. The van der Waals surface area contributed by atoms with E-state index in [2.05, 4.69) is 72.8 Å². The first kappa shape index (κ1) is 23.7. The molecular weight excluding hydrogens is 440 g/mol. The molecule has 0 amide bonds. The van der Waals surface area contributed by atoms with Gasteiger partial charge in [-0.2, -0.15) is 10.9 Å². The molecule has 0 aliphatic carbocycles. The van der Waals surface area contributed by atoms with Gasteiger partial charge in [0.2, 0.25) is 0 Å². The molecule has 0 N–H and O–H groups in total. The predicted molar refractivity (Wildman–Crippen MR) is 139 cm³/mol. The molecule has 0 fully saturated rings. The Morgan fingerprint density at radius 2 is 1.06 bits per heavy atom. The number of thiol groups is 1. The predicted octanol–water partition coefficient (Wildman–Crippen LogP) is 8.30. The Morgan fingerprint density at radius 3 is 1.53 bits per heavy atom. The van der Waals surface area contributed by atoms with E-state index in [1.54, 1.807) is 12.1 Å². The molecule has 0 unspecified atom stereocenters. The van der Waals surface area contributed by atoms with E-state index in [9.17, 15) is 4.79 Å². The Bertz CT molecular complexity index is 1160. The first-order valence-electron chi connectivity index (χ1n) is 11.5. The number of hydrogen-bond donors (Lipinski definition) is 1. The van der Waals surface area contributed by atoms with Crippen LogP contribution in [-0.4, -0.2) is 5.97 Å². The number of ether oxygens (including phenoxy) is 2. The van der Waals surface area contributed by atoms with Crippen molar-refractivity contribution in [2.45, 2.75) is 41.9 Å². The third-order valence-corrected chi connectivity index (χ3v) is 8.27. The van der Waals surface area contributed by atoms with Crippen molar-refractivity contribution in [3.05, 3.63) is 109 Å². The van der Waals surface area contributed by atoms with Crippen molar-refractivity contribution in [3.63, 3.8) is 0 Å². The molecule has 0 radical (unpaired) electrons. The van der Waals surface area contributed by atoms with Gasteiger partial charge in [0.25, 0.3) is 0 Å². The normalized spacial score (nSPS) is 11.6. The highest BCUT2D eigenvalue weighted by molar-refractivity contribution is 8.17. The molecule has 0 saturated carbocycles. The maximum atomic E-state index is 12.3. The standard InChI is InChI=1S/C30H30O3S/c1-4-30(2,3)29(31)33-25-17-15-23(16-18-25)32-24-19-21-28(22-20-24)34(26-11-7-5-8-12-26)27-13-9-6-10-14-27/h5-22,34H,4H2,1-3H3. The van der Waals surface area contributed by atoms with E-state index in [1.165, 1.54) is 14.7 Å². The first-order valence-corrected chi connectivity index (χ1v) is 12.8. The van der Waals surface area contributed by atoms with Gasteiger partial charge in [0, 0.05) is 0 Å². The van der Waals surface area contributed by atoms with Crippen molar-refractivity contribution in [1.82, 2.24) is 0 Å². The molecule has 4 heteroatoms. The van der Waals surface area contributed by atoms with E-state index < -0.39 is 16.3 Å². The van der Waals surface area contributed by atoms with Crippen LogP contribution in [0.3, 0.4) is 0 Å². The van der Waals surface area contributed by atoms with Crippen LogP contribution in [0.15, 0.2) is 124 Å². The van der Waals surface area contributed by atoms with Crippen LogP contribution in [-0.2, 0) is 4.79 Å². The fraction of sp³-hybridized carbons (Fsp3) is 0.167. The van der Waals surface area contributed by atoms with Crippen LogP contribution >= 0.6 is 10.9 Å². The zero-order valence-corrected chi connectivity index (χ0v) is 20.7. The van der Waals surface area contributed by atoms with E-state index in [4.69, 9.17) is 9.47 Å². The number of benzene rings is 4. The maximum Gasteiger partial charge on any atom is 0.316 e. The molecule has 4 aromatic rings. The lowest BCUT2D eigenvalue weighted by atomic mass is 9.91. The average molecular weight is 471 g/mol. The fourth-order valence-corrected chi connectivity index (χ4v) is 5.65. The lowest BCUT2D eigenvalue weighted by molar-refractivity contribution is -0.144. The number of rotatable bonds is 8. The van der Waals surface area contributed by atoms with E-state index in [1.807, 2.05) is 45.0 Å². The summed E-state index contributed by atoms with van der Waals surface area (Å²) in [6, 6.07) is 36.7. The lowest BCUT2D eigenvalue weighted by Gasteiger charge is -2.23. The molecule has 4 rings (SSSR count). The molecule has 0 bridgehead atoms. The summed E-state index contributed by atoms with van der Waals surface area (Å²) in [6.45, 7) is 5.75. The molecule has 0 saturated heterocycles. The molecule has 4 aromatic carbocycles. The summed E-state index contributed by atoms with van der Waals surface area (Å²) >= 11 is 0. The third-order valence-electron chi connectivity index (χ3n) is 5.83. The monoisotopic (exact) mass is 470 g/mol.